The fourth-order valence-corrected chi connectivity index (χ4v) is 21.0. The van der Waals surface area contributed by atoms with Crippen LogP contribution in [-0.4, -0.2) is 11.3 Å². The normalized spacial score (nSPS) is 14.5. The topological polar surface area (TPSA) is 51.0 Å². The molecule has 1 aliphatic heterocycles. The van der Waals surface area contributed by atoms with Crippen molar-refractivity contribution in [3.05, 3.63) is 255 Å². The van der Waals surface area contributed by atoms with Crippen molar-refractivity contribution in [3.63, 3.8) is 0 Å². The lowest BCUT2D eigenvalue weighted by atomic mass is 9.69. The molecule has 0 aromatic heterocycles. The van der Waals surface area contributed by atoms with Gasteiger partial charge in [-0.2, -0.15) is 0 Å². The van der Waals surface area contributed by atoms with Crippen molar-refractivity contribution in [2.45, 2.75) is 355 Å². The van der Waals surface area contributed by atoms with Crippen LogP contribution in [0.1, 0.15) is 372 Å². The first kappa shape index (κ1) is 87.4. The summed E-state index contributed by atoms with van der Waals surface area (Å²) in [5, 5.41) is 11.5. The molecule has 624 valence electrons. The lowest BCUT2D eigenvalue weighted by Crippen LogP contribution is -2.26. The number of aliphatic hydroxyl groups is 1. The molecular weight excluding hydrogens is 1430 g/mol. The van der Waals surface area contributed by atoms with Crippen LogP contribution in [0.2, 0.25) is 0 Å². The van der Waals surface area contributed by atoms with Crippen molar-refractivity contribution >= 4 is 12.0 Å². The lowest BCUT2D eigenvalue weighted by Gasteiger charge is -2.34. The minimum absolute atomic E-state index is 0.0267. The second-order valence-corrected chi connectivity index (χ2v) is 36.5. The van der Waals surface area contributed by atoms with Gasteiger partial charge in [-0.15, -0.1) is 0 Å². The minimum atomic E-state index is -0.119. The van der Waals surface area contributed by atoms with Crippen molar-refractivity contribution in [1.82, 2.24) is 0 Å². The third-order valence-corrected chi connectivity index (χ3v) is 27.8. The standard InChI is InChI=1S/C114H145NO3/c1-9-15-21-27-33-39-67-112(68-40-34-28-22-16-10-2)104-74-86(8)49-61-98(104)99-63-57-91(78-106(99)112)92-59-65-102-103-66-60-94(81-109(103)114(108(102)80-92,71-43-37-31-25-19-13-5)72-44-38-32-26-20-14-6)93-58-64-101-100-62-56-90(77-105(100)113(107(101)79-93,69-41-35-29-23-17-11-3)70-42-36-30-24-18-12-4)89-54-52-88(53-55-89)84-118-97-76-95(111(116)110-46-45-73-115-110)75-96(82-97)117-83-87-50-47-85(7)48-51-87/h45-66,73-82,116H,9-44,67-72,83-84H2,1-8H3. The molecule has 0 saturated heterocycles. The van der Waals surface area contributed by atoms with E-state index in [4.69, 9.17) is 9.47 Å². The van der Waals surface area contributed by atoms with E-state index in [2.05, 4.69) is 218 Å². The summed E-state index contributed by atoms with van der Waals surface area (Å²) in [6.45, 7) is 19.3. The lowest BCUT2D eigenvalue weighted by molar-refractivity contribution is 0.289. The Bertz CT molecular complexity index is 4720. The van der Waals surface area contributed by atoms with Crippen LogP contribution in [0.4, 0.5) is 0 Å². The molecule has 4 aliphatic rings. The van der Waals surface area contributed by atoms with Gasteiger partial charge in [0.15, 0.2) is 0 Å². The highest BCUT2D eigenvalue weighted by molar-refractivity contribution is 5.91. The van der Waals surface area contributed by atoms with E-state index in [9.17, 15) is 5.11 Å². The van der Waals surface area contributed by atoms with E-state index in [0.29, 0.717) is 36.0 Å². The van der Waals surface area contributed by atoms with E-state index in [0.717, 1.165) is 24.0 Å². The molecule has 0 atom stereocenters. The predicted molar refractivity (Wildman–Crippen MR) is 508 cm³/mol. The number of allylic oxidation sites excluding steroid dienone is 2. The zero-order valence-corrected chi connectivity index (χ0v) is 74.3. The van der Waals surface area contributed by atoms with Crippen LogP contribution in [0, 0.1) is 13.8 Å². The maximum Gasteiger partial charge on any atom is 0.148 e. The Balaban J connectivity index is 0.860. The second-order valence-electron chi connectivity index (χ2n) is 36.5. The molecule has 0 amide bonds. The molecule has 0 fully saturated rings. The quantitative estimate of drug-likeness (QED) is 0.0305. The first-order valence-electron chi connectivity index (χ1n) is 48.0. The van der Waals surface area contributed by atoms with Crippen LogP contribution < -0.4 is 9.47 Å². The van der Waals surface area contributed by atoms with Gasteiger partial charge in [0.1, 0.15) is 36.2 Å². The number of aliphatic hydroxyl groups excluding tert-OH is 1. The first-order chi connectivity index (χ1) is 58.0. The van der Waals surface area contributed by atoms with Gasteiger partial charge in [0.2, 0.25) is 0 Å². The summed E-state index contributed by atoms with van der Waals surface area (Å²) in [6.07, 6.45) is 59.5. The van der Waals surface area contributed by atoms with Gasteiger partial charge in [-0.25, -0.2) is 0 Å². The summed E-state index contributed by atoms with van der Waals surface area (Å²) in [4.78, 5) is 4.40. The van der Waals surface area contributed by atoms with Crippen molar-refractivity contribution in [2.75, 3.05) is 0 Å². The largest absolute Gasteiger partial charge is 0.505 e. The molecule has 9 aromatic rings. The third-order valence-electron chi connectivity index (χ3n) is 27.8. The molecule has 4 heteroatoms. The number of benzene rings is 9. The van der Waals surface area contributed by atoms with Crippen molar-refractivity contribution in [3.8, 4) is 78.3 Å². The van der Waals surface area contributed by atoms with E-state index in [1.807, 2.05) is 30.4 Å². The number of fused-ring (bicyclic) bond motifs is 9. The summed E-state index contributed by atoms with van der Waals surface area (Å²) in [6, 6.07) is 69.7. The van der Waals surface area contributed by atoms with Crippen LogP contribution in [0.3, 0.4) is 0 Å². The maximum atomic E-state index is 11.5. The molecule has 3 aliphatic carbocycles. The minimum Gasteiger partial charge on any atom is -0.505 e. The van der Waals surface area contributed by atoms with E-state index < -0.39 is 0 Å². The maximum absolute atomic E-state index is 11.5. The second kappa shape index (κ2) is 43.7. The number of ether oxygens (including phenoxy) is 2. The summed E-state index contributed by atoms with van der Waals surface area (Å²) in [5.74, 6) is 1.33. The van der Waals surface area contributed by atoms with E-state index in [1.165, 1.54) is 340 Å². The first-order valence-corrected chi connectivity index (χ1v) is 48.0. The highest BCUT2D eigenvalue weighted by atomic mass is 16.5. The summed E-state index contributed by atoms with van der Waals surface area (Å²) < 4.78 is 13.0. The van der Waals surface area contributed by atoms with Crippen molar-refractivity contribution in [2.24, 2.45) is 4.99 Å². The molecule has 0 bridgehead atoms. The van der Waals surface area contributed by atoms with E-state index in [1.54, 1.807) is 34.0 Å². The summed E-state index contributed by atoms with van der Waals surface area (Å²) >= 11 is 0. The van der Waals surface area contributed by atoms with Gasteiger partial charge in [-0.3, -0.25) is 4.99 Å². The highest BCUT2D eigenvalue weighted by Crippen LogP contribution is 2.60. The molecule has 1 N–H and O–H groups in total. The molecular formula is C114H145NO3. The molecule has 0 radical (unpaired) electrons. The molecule has 0 unspecified atom stereocenters. The Kier molecular flexibility index (Phi) is 32.3. The molecule has 1 heterocycles. The van der Waals surface area contributed by atoms with Crippen LogP contribution >= 0.6 is 0 Å². The van der Waals surface area contributed by atoms with Gasteiger partial charge in [0.05, 0.1) is 0 Å². The third kappa shape index (κ3) is 21.1. The summed E-state index contributed by atoms with van der Waals surface area (Å²) in [7, 11) is 0. The van der Waals surface area contributed by atoms with Crippen LogP contribution in [0.15, 0.2) is 199 Å². The van der Waals surface area contributed by atoms with Gasteiger partial charge in [-0.05, 0) is 218 Å². The summed E-state index contributed by atoms with van der Waals surface area (Å²) in [5.41, 5.74) is 32.0. The number of nitrogens with zero attached hydrogens (tertiary/aromatic N) is 1. The SMILES string of the molecule is CCCCCCCCC1(CCCCCCCC)c2cc(C)ccc2-c2ccc(-c3ccc4c(c3)C(CCCCCCCC)(CCCCCCCC)c3cc(-c5ccc6c(c5)C(CCCCCCCC)(CCCCCCCC)c5cc(-c7ccc(COc8cc(OCc9ccc(C)cc9)cc(C(O)=C9C=CC=N9)c8)cc7)ccc5-6)ccc3-4)cc21. The fourth-order valence-electron chi connectivity index (χ4n) is 21.0. The zero-order chi connectivity index (χ0) is 81.9. The monoisotopic (exact) mass is 1580 g/mol. The molecule has 9 aromatic carbocycles. The van der Waals surface area contributed by atoms with Gasteiger partial charge in [-0.1, -0.05) is 411 Å². The van der Waals surface area contributed by atoms with Gasteiger partial charge >= 0.3 is 0 Å². The Morgan fingerprint density at radius 2 is 0.542 bits per heavy atom. The predicted octanol–water partition coefficient (Wildman–Crippen LogP) is 34.6. The molecule has 0 saturated carbocycles. The van der Waals surface area contributed by atoms with Gasteiger partial charge in [0, 0.05) is 34.1 Å². The van der Waals surface area contributed by atoms with Crippen LogP contribution in [0.25, 0.3) is 72.5 Å². The molecule has 4 nitrogen and oxygen atoms in total. The van der Waals surface area contributed by atoms with Crippen LogP contribution in [0.5, 0.6) is 11.5 Å². The smallest absolute Gasteiger partial charge is 0.148 e. The van der Waals surface area contributed by atoms with Gasteiger partial charge in [0.25, 0.3) is 0 Å². The Morgan fingerprint density at radius 3 is 0.847 bits per heavy atom. The Labute approximate surface area is 714 Å². The highest BCUT2D eigenvalue weighted by Gasteiger charge is 2.46. The number of aryl methyl sites for hydroxylation is 2. The van der Waals surface area contributed by atoms with Crippen LogP contribution in [-0.2, 0) is 29.5 Å². The zero-order valence-electron chi connectivity index (χ0n) is 74.3. The molecule has 118 heavy (non-hydrogen) atoms. The van der Waals surface area contributed by atoms with Crippen molar-refractivity contribution < 1.29 is 14.6 Å². The van der Waals surface area contributed by atoms with Gasteiger partial charge < -0.3 is 14.6 Å². The number of hydrogen-bond donors (Lipinski definition) is 1. The fraction of sp³-hybridized carbons (Fsp3) is 0.482. The van der Waals surface area contributed by atoms with E-state index in [-0.39, 0.29) is 22.0 Å². The number of hydrogen-bond acceptors (Lipinski definition) is 4. The molecule has 13 rings (SSSR count). The van der Waals surface area contributed by atoms with E-state index >= 15 is 0 Å². The number of unbranched alkanes of at least 4 members (excludes halogenated alkanes) is 30. The van der Waals surface area contributed by atoms with Crippen molar-refractivity contribution in [1.29, 1.82) is 0 Å². The average Bonchev–Trinajstić information content (AvgIpc) is 1.56. The Hall–Kier alpha value is -8.47. The average molecular weight is 1580 g/mol. The number of rotatable bonds is 52. The number of aliphatic imine (C=N–C) groups is 1. The molecule has 0 spiro atoms. The Morgan fingerprint density at radius 1 is 0.280 bits per heavy atom.